The number of carbonyl (C=O) groups excluding carboxylic acids is 2. The van der Waals surface area contributed by atoms with Crippen LogP contribution in [0.3, 0.4) is 0 Å². The Bertz CT molecular complexity index is 1420. The van der Waals surface area contributed by atoms with Gasteiger partial charge < -0.3 is 15.8 Å². The number of fused-ring (bicyclic) bond motifs is 1. The molecule has 1 fully saturated rings. The molecule has 3 N–H and O–H groups in total. The maximum Gasteiger partial charge on any atom is 0.409 e. The zero-order chi connectivity index (χ0) is 26.5. The summed E-state index contributed by atoms with van der Waals surface area (Å²) < 4.78 is 7.65. The second-order valence-corrected chi connectivity index (χ2v) is 9.92. The number of hydrogen-bond acceptors (Lipinski definition) is 6. The van der Waals surface area contributed by atoms with E-state index in [9.17, 15) is 9.59 Å². The standard InChI is InChI=1S/C30H33N5O3/c1-32-24-13-10-23(11-14-24)28-22(8-5-17-35-27-16-9-20(19-36)18-26(27)33-34-35)12-15-25(29(28)38-30(31)37)21-6-3-2-4-7-21/h2-4,6-7,9,12,15-16,18-19,23-24,32H,5,8,10-11,13-14,17H2,1H3,(H2,31,37). The first-order chi connectivity index (χ1) is 18.6. The summed E-state index contributed by atoms with van der Waals surface area (Å²) >= 11 is 0. The van der Waals surface area contributed by atoms with Crippen molar-refractivity contribution < 1.29 is 14.3 Å². The molecule has 4 aromatic rings. The molecule has 0 saturated heterocycles. The van der Waals surface area contributed by atoms with Crippen LogP contribution >= 0.6 is 0 Å². The quantitative estimate of drug-likeness (QED) is 0.297. The van der Waals surface area contributed by atoms with Crippen molar-refractivity contribution in [1.29, 1.82) is 0 Å². The van der Waals surface area contributed by atoms with Gasteiger partial charge in [0.05, 0.1) is 5.52 Å². The van der Waals surface area contributed by atoms with Crippen LogP contribution in [0.2, 0.25) is 0 Å². The van der Waals surface area contributed by atoms with Crippen LogP contribution in [0.1, 0.15) is 59.5 Å². The maximum atomic E-state index is 12.1. The Morgan fingerprint density at radius 2 is 1.89 bits per heavy atom. The molecule has 5 rings (SSSR count). The van der Waals surface area contributed by atoms with Crippen molar-refractivity contribution in [3.63, 3.8) is 0 Å². The number of amides is 1. The number of carbonyl (C=O) groups is 2. The van der Waals surface area contributed by atoms with E-state index in [0.717, 1.165) is 67.0 Å². The second kappa shape index (κ2) is 11.6. The minimum atomic E-state index is -0.798. The molecule has 1 amide bonds. The molecule has 3 aromatic carbocycles. The Morgan fingerprint density at radius 1 is 1.11 bits per heavy atom. The molecule has 0 spiro atoms. The highest BCUT2D eigenvalue weighted by molar-refractivity contribution is 5.84. The Balaban J connectivity index is 1.47. The summed E-state index contributed by atoms with van der Waals surface area (Å²) in [5, 5.41) is 11.9. The summed E-state index contributed by atoms with van der Waals surface area (Å²) in [4.78, 5) is 23.2. The number of aldehydes is 1. The van der Waals surface area contributed by atoms with Gasteiger partial charge in [0.25, 0.3) is 0 Å². The second-order valence-electron chi connectivity index (χ2n) is 9.92. The van der Waals surface area contributed by atoms with Crippen molar-refractivity contribution in [2.24, 2.45) is 5.73 Å². The monoisotopic (exact) mass is 511 g/mol. The number of benzene rings is 3. The third-order valence-corrected chi connectivity index (χ3v) is 7.61. The smallest absolute Gasteiger partial charge is 0.409 e. The van der Waals surface area contributed by atoms with Gasteiger partial charge in [-0.1, -0.05) is 47.7 Å². The number of aromatic nitrogens is 3. The predicted octanol–water partition coefficient (Wildman–Crippen LogP) is 5.25. The largest absolute Gasteiger partial charge is 0.410 e. The van der Waals surface area contributed by atoms with Crippen molar-refractivity contribution >= 4 is 23.4 Å². The molecule has 1 aliphatic carbocycles. The summed E-state index contributed by atoms with van der Waals surface area (Å²) in [5.41, 5.74) is 11.9. The SMILES string of the molecule is CNC1CCC(c2c(CCCn3nnc4cc(C=O)ccc43)ccc(-c3ccccc3)c2OC(N)=O)CC1. The van der Waals surface area contributed by atoms with Crippen LogP contribution < -0.4 is 15.8 Å². The number of nitrogens with zero attached hydrogens (tertiary/aromatic N) is 3. The highest BCUT2D eigenvalue weighted by Crippen LogP contribution is 2.44. The normalized spacial score (nSPS) is 17.4. The molecule has 0 atom stereocenters. The van der Waals surface area contributed by atoms with E-state index in [4.69, 9.17) is 10.5 Å². The van der Waals surface area contributed by atoms with Gasteiger partial charge in [0.15, 0.2) is 0 Å². The van der Waals surface area contributed by atoms with Gasteiger partial charge in [-0.05, 0) is 80.8 Å². The minimum absolute atomic E-state index is 0.279. The Morgan fingerprint density at radius 3 is 2.61 bits per heavy atom. The number of primary amides is 1. The third-order valence-electron chi connectivity index (χ3n) is 7.61. The Kier molecular flexibility index (Phi) is 7.79. The maximum absolute atomic E-state index is 12.1. The summed E-state index contributed by atoms with van der Waals surface area (Å²) in [6, 6.07) is 20.1. The van der Waals surface area contributed by atoms with E-state index in [1.807, 2.05) is 54.2 Å². The van der Waals surface area contributed by atoms with Gasteiger partial charge in [-0.15, -0.1) is 5.10 Å². The van der Waals surface area contributed by atoms with Gasteiger partial charge in [0.2, 0.25) is 0 Å². The molecule has 0 radical (unpaired) electrons. The molecule has 196 valence electrons. The van der Waals surface area contributed by atoms with Crippen LogP contribution in [-0.2, 0) is 13.0 Å². The number of nitrogens with two attached hydrogens (primary N) is 1. The lowest BCUT2D eigenvalue weighted by molar-refractivity contribution is 0.112. The zero-order valence-electron chi connectivity index (χ0n) is 21.6. The van der Waals surface area contributed by atoms with Crippen molar-refractivity contribution in [3.05, 3.63) is 77.4 Å². The molecule has 1 heterocycles. The van der Waals surface area contributed by atoms with Crippen molar-refractivity contribution in [2.45, 2.75) is 57.0 Å². The first-order valence-corrected chi connectivity index (χ1v) is 13.2. The lowest BCUT2D eigenvalue weighted by Gasteiger charge is -2.31. The van der Waals surface area contributed by atoms with Crippen LogP contribution in [0.25, 0.3) is 22.2 Å². The fourth-order valence-electron chi connectivity index (χ4n) is 5.68. The molecule has 1 saturated carbocycles. The fourth-order valence-corrected chi connectivity index (χ4v) is 5.68. The summed E-state index contributed by atoms with van der Waals surface area (Å²) in [7, 11) is 2.02. The molecule has 8 nitrogen and oxygen atoms in total. The summed E-state index contributed by atoms with van der Waals surface area (Å²) in [6.07, 6.45) is 5.80. The van der Waals surface area contributed by atoms with E-state index < -0.39 is 6.09 Å². The van der Waals surface area contributed by atoms with Crippen LogP contribution in [0.4, 0.5) is 4.79 Å². The number of hydrogen-bond donors (Lipinski definition) is 2. The van der Waals surface area contributed by atoms with Crippen molar-refractivity contribution in [3.8, 4) is 16.9 Å². The highest BCUT2D eigenvalue weighted by Gasteiger charge is 2.28. The number of ether oxygens (including phenoxy) is 1. The molecule has 8 heteroatoms. The van der Waals surface area contributed by atoms with Gasteiger partial charge >= 0.3 is 6.09 Å². The highest BCUT2D eigenvalue weighted by atomic mass is 16.5. The summed E-state index contributed by atoms with van der Waals surface area (Å²) in [5.74, 6) is 0.864. The minimum Gasteiger partial charge on any atom is -0.410 e. The third kappa shape index (κ3) is 5.45. The van der Waals surface area contributed by atoms with Gasteiger partial charge in [-0.25, -0.2) is 9.48 Å². The van der Waals surface area contributed by atoms with E-state index in [-0.39, 0.29) is 5.92 Å². The zero-order valence-corrected chi connectivity index (χ0v) is 21.6. The Labute approximate surface area is 222 Å². The van der Waals surface area contributed by atoms with Crippen molar-refractivity contribution in [2.75, 3.05) is 7.05 Å². The number of aryl methyl sites for hydroxylation is 2. The van der Waals surface area contributed by atoms with Gasteiger partial charge in [-0.2, -0.15) is 0 Å². The molecule has 0 aliphatic heterocycles. The van der Waals surface area contributed by atoms with Gasteiger partial charge in [0, 0.05) is 29.3 Å². The number of nitrogens with one attached hydrogen (secondary N) is 1. The lowest BCUT2D eigenvalue weighted by Crippen LogP contribution is -2.30. The first-order valence-electron chi connectivity index (χ1n) is 13.2. The lowest BCUT2D eigenvalue weighted by atomic mass is 9.78. The Hall–Kier alpha value is -4.04. The van der Waals surface area contributed by atoms with Crippen LogP contribution in [0, 0.1) is 0 Å². The molecular weight excluding hydrogens is 478 g/mol. The van der Waals surface area contributed by atoms with Crippen LogP contribution in [0.15, 0.2) is 60.7 Å². The summed E-state index contributed by atoms with van der Waals surface area (Å²) in [6.45, 7) is 0.676. The first kappa shape index (κ1) is 25.6. The molecular formula is C30H33N5O3. The van der Waals surface area contributed by atoms with E-state index in [2.05, 4.69) is 21.7 Å². The molecule has 1 aromatic heterocycles. The van der Waals surface area contributed by atoms with Gasteiger partial charge in [-0.3, -0.25) is 4.79 Å². The fraction of sp³-hybridized carbons (Fsp3) is 0.333. The van der Waals surface area contributed by atoms with E-state index in [0.29, 0.717) is 29.4 Å². The van der Waals surface area contributed by atoms with Crippen molar-refractivity contribution in [1.82, 2.24) is 20.3 Å². The van der Waals surface area contributed by atoms with E-state index >= 15 is 0 Å². The van der Waals surface area contributed by atoms with Crippen LogP contribution in [-0.4, -0.2) is 40.5 Å². The van der Waals surface area contributed by atoms with Gasteiger partial charge in [0.1, 0.15) is 17.6 Å². The molecule has 1 aliphatic rings. The van der Waals surface area contributed by atoms with E-state index in [1.165, 1.54) is 5.56 Å². The average Bonchev–Trinajstić information content (AvgIpc) is 3.35. The molecule has 38 heavy (non-hydrogen) atoms. The molecule has 0 unspecified atom stereocenters. The average molecular weight is 512 g/mol. The van der Waals surface area contributed by atoms with Crippen LogP contribution in [0.5, 0.6) is 5.75 Å². The predicted molar refractivity (Wildman–Crippen MR) is 147 cm³/mol. The van der Waals surface area contributed by atoms with E-state index in [1.54, 1.807) is 12.1 Å². The number of rotatable bonds is 9. The topological polar surface area (TPSA) is 112 Å². The molecule has 0 bridgehead atoms.